The van der Waals surface area contributed by atoms with E-state index in [9.17, 15) is 13.2 Å². The van der Waals surface area contributed by atoms with Crippen LogP contribution in [-0.4, -0.2) is 12.1 Å². The summed E-state index contributed by atoms with van der Waals surface area (Å²) in [5.41, 5.74) is 0.308. The highest BCUT2D eigenvalue weighted by Crippen LogP contribution is 2.39. The van der Waals surface area contributed by atoms with Gasteiger partial charge in [0.15, 0.2) is 0 Å². The molecule has 1 aromatic rings. The Hall–Kier alpha value is -1.03. The maximum Gasteiger partial charge on any atom is 0.416 e. The monoisotopic (exact) mass is 255 g/mol. The molecule has 2 aliphatic rings. The van der Waals surface area contributed by atoms with Crippen LogP contribution in [0.15, 0.2) is 24.3 Å². The SMILES string of the molecule is FC(F)(F)c1cccc(C2CCC3CCC2N3)c1. The summed E-state index contributed by atoms with van der Waals surface area (Å²) in [5.74, 6) is 0.242. The van der Waals surface area contributed by atoms with E-state index >= 15 is 0 Å². The molecule has 0 amide bonds. The molecule has 3 rings (SSSR count). The molecule has 3 unspecified atom stereocenters. The molecule has 2 aliphatic heterocycles. The van der Waals surface area contributed by atoms with Gasteiger partial charge in [0, 0.05) is 12.1 Å². The number of piperidine rings is 1. The van der Waals surface area contributed by atoms with Gasteiger partial charge < -0.3 is 5.32 Å². The summed E-state index contributed by atoms with van der Waals surface area (Å²) in [6, 6.07) is 6.80. The highest BCUT2D eigenvalue weighted by atomic mass is 19.4. The molecule has 3 atom stereocenters. The summed E-state index contributed by atoms with van der Waals surface area (Å²) < 4.78 is 38.1. The number of hydrogen-bond acceptors (Lipinski definition) is 1. The molecule has 0 saturated carbocycles. The predicted octanol–water partition coefficient (Wildman–Crippen LogP) is 3.70. The van der Waals surface area contributed by atoms with E-state index in [-0.39, 0.29) is 5.92 Å². The van der Waals surface area contributed by atoms with Crippen molar-refractivity contribution in [2.75, 3.05) is 0 Å². The van der Waals surface area contributed by atoms with E-state index in [0.29, 0.717) is 12.1 Å². The minimum absolute atomic E-state index is 0.242. The third kappa shape index (κ3) is 2.14. The van der Waals surface area contributed by atoms with Crippen molar-refractivity contribution in [2.24, 2.45) is 0 Å². The Morgan fingerprint density at radius 1 is 1.06 bits per heavy atom. The number of alkyl halides is 3. The van der Waals surface area contributed by atoms with E-state index in [0.717, 1.165) is 30.9 Å². The molecule has 98 valence electrons. The van der Waals surface area contributed by atoms with Crippen LogP contribution in [0.25, 0.3) is 0 Å². The largest absolute Gasteiger partial charge is 0.416 e. The molecule has 18 heavy (non-hydrogen) atoms. The smallest absolute Gasteiger partial charge is 0.311 e. The van der Waals surface area contributed by atoms with Gasteiger partial charge in [-0.3, -0.25) is 0 Å². The Balaban J connectivity index is 1.88. The molecule has 2 heterocycles. The van der Waals surface area contributed by atoms with Gasteiger partial charge in [-0.25, -0.2) is 0 Å². The van der Waals surface area contributed by atoms with E-state index in [1.165, 1.54) is 18.6 Å². The van der Waals surface area contributed by atoms with Gasteiger partial charge in [-0.05, 0) is 43.2 Å². The van der Waals surface area contributed by atoms with Crippen LogP contribution >= 0.6 is 0 Å². The molecule has 2 saturated heterocycles. The number of halogens is 3. The molecule has 4 heteroatoms. The third-order valence-electron chi connectivity index (χ3n) is 4.23. The Labute approximate surface area is 104 Å². The Morgan fingerprint density at radius 3 is 2.61 bits per heavy atom. The normalized spacial score (nSPS) is 31.6. The first kappa shape index (κ1) is 12.0. The summed E-state index contributed by atoms with van der Waals surface area (Å²) in [4.78, 5) is 0. The molecule has 1 N–H and O–H groups in total. The zero-order chi connectivity index (χ0) is 12.8. The standard InChI is InChI=1S/C14H16F3N/c15-14(16,17)10-3-1-2-9(8-10)12-6-4-11-5-7-13(12)18-11/h1-3,8,11-13,18H,4-7H2. The fraction of sp³-hybridized carbons (Fsp3) is 0.571. The summed E-state index contributed by atoms with van der Waals surface area (Å²) >= 11 is 0. The third-order valence-corrected chi connectivity index (χ3v) is 4.23. The van der Waals surface area contributed by atoms with Gasteiger partial charge in [0.1, 0.15) is 0 Å². The fourth-order valence-electron chi connectivity index (χ4n) is 3.32. The molecule has 0 aromatic heterocycles. The van der Waals surface area contributed by atoms with Crippen LogP contribution in [0.1, 0.15) is 42.7 Å². The highest BCUT2D eigenvalue weighted by molar-refractivity contribution is 5.30. The molecular formula is C14H16F3N. The second-order valence-corrected chi connectivity index (χ2v) is 5.35. The van der Waals surface area contributed by atoms with Crippen LogP contribution in [0.2, 0.25) is 0 Å². The Kier molecular flexibility index (Phi) is 2.85. The molecule has 0 spiro atoms. The first-order valence-corrected chi connectivity index (χ1v) is 6.47. The first-order valence-electron chi connectivity index (χ1n) is 6.47. The minimum atomic E-state index is -4.24. The van der Waals surface area contributed by atoms with Crippen molar-refractivity contribution in [1.82, 2.24) is 5.32 Å². The van der Waals surface area contributed by atoms with E-state index in [1.807, 2.05) is 6.07 Å². The van der Waals surface area contributed by atoms with Gasteiger partial charge >= 0.3 is 6.18 Å². The lowest BCUT2D eigenvalue weighted by atomic mass is 9.85. The topological polar surface area (TPSA) is 12.0 Å². The zero-order valence-corrected chi connectivity index (χ0v) is 10.0. The second-order valence-electron chi connectivity index (χ2n) is 5.35. The zero-order valence-electron chi connectivity index (χ0n) is 10.0. The van der Waals surface area contributed by atoms with Crippen molar-refractivity contribution in [3.8, 4) is 0 Å². The Bertz CT molecular complexity index is 441. The number of nitrogens with one attached hydrogen (secondary N) is 1. The number of benzene rings is 1. The molecular weight excluding hydrogens is 239 g/mol. The minimum Gasteiger partial charge on any atom is -0.311 e. The number of hydrogen-bond donors (Lipinski definition) is 1. The van der Waals surface area contributed by atoms with Crippen molar-refractivity contribution in [1.29, 1.82) is 0 Å². The molecule has 0 aliphatic carbocycles. The summed E-state index contributed by atoms with van der Waals surface area (Å²) in [6.45, 7) is 0. The van der Waals surface area contributed by atoms with Crippen LogP contribution in [0.4, 0.5) is 13.2 Å². The summed E-state index contributed by atoms with van der Waals surface area (Å²) in [7, 11) is 0. The van der Waals surface area contributed by atoms with Crippen molar-refractivity contribution in [3.05, 3.63) is 35.4 Å². The Morgan fingerprint density at radius 2 is 1.83 bits per heavy atom. The lowest BCUT2D eigenvalue weighted by Gasteiger charge is -2.30. The van der Waals surface area contributed by atoms with E-state index < -0.39 is 11.7 Å². The van der Waals surface area contributed by atoms with Crippen LogP contribution < -0.4 is 5.32 Å². The van der Waals surface area contributed by atoms with Crippen molar-refractivity contribution in [2.45, 2.75) is 49.9 Å². The molecule has 2 bridgehead atoms. The van der Waals surface area contributed by atoms with Crippen LogP contribution in [0.5, 0.6) is 0 Å². The van der Waals surface area contributed by atoms with Crippen LogP contribution in [0, 0.1) is 0 Å². The van der Waals surface area contributed by atoms with E-state index in [2.05, 4.69) is 5.32 Å². The molecule has 1 nitrogen and oxygen atoms in total. The summed E-state index contributed by atoms with van der Waals surface area (Å²) in [6.07, 6.45) is 0.100. The second kappa shape index (κ2) is 4.26. The lowest BCUT2D eigenvalue weighted by Crippen LogP contribution is -2.39. The average Bonchev–Trinajstić information content (AvgIpc) is 2.70. The van der Waals surface area contributed by atoms with Gasteiger partial charge in [0.25, 0.3) is 0 Å². The maximum absolute atomic E-state index is 12.7. The van der Waals surface area contributed by atoms with E-state index in [4.69, 9.17) is 0 Å². The first-order chi connectivity index (χ1) is 8.54. The molecule has 1 aromatic carbocycles. The quantitative estimate of drug-likeness (QED) is 0.806. The van der Waals surface area contributed by atoms with Gasteiger partial charge in [0.05, 0.1) is 5.56 Å². The van der Waals surface area contributed by atoms with Crippen LogP contribution in [-0.2, 0) is 6.18 Å². The van der Waals surface area contributed by atoms with Crippen LogP contribution in [0.3, 0.4) is 0 Å². The molecule has 0 radical (unpaired) electrons. The maximum atomic E-state index is 12.7. The number of fused-ring (bicyclic) bond motifs is 2. The average molecular weight is 255 g/mol. The van der Waals surface area contributed by atoms with Gasteiger partial charge in [-0.2, -0.15) is 13.2 Å². The highest BCUT2D eigenvalue weighted by Gasteiger charge is 2.37. The van der Waals surface area contributed by atoms with E-state index in [1.54, 1.807) is 0 Å². The van der Waals surface area contributed by atoms with Gasteiger partial charge in [-0.15, -0.1) is 0 Å². The number of rotatable bonds is 1. The fourth-order valence-corrected chi connectivity index (χ4v) is 3.32. The van der Waals surface area contributed by atoms with Crippen molar-refractivity contribution < 1.29 is 13.2 Å². The van der Waals surface area contributed by atoms with Crippen molar-refractivity contribution >= 4 is 0 Å². The lowest BCUT2D eigenvalue weighted by molar-refractivity contribution is -0.137. The van der Waals surface area contributed by atoms with Gasteiger partial charge in [0.2, 0.25) is 0 Å². The molecule has 2 fully saturated rings. The van der Waals surface area contributed by atoms with Gasteiger partial charge in [-0.1, -0.05) is 18.2 Å². The predicted molar refractivity (Wildman–Crippen MR) is 63.4 cm³/mol. The van der Waals surface area contributed by atoms with Crippen molar-refractivity contribution in [3.63, 3.8) is 0 Å². The summed E-state index contributed by atoms with van der Waals surface area (Å²) in [5, 5.41) is 3.52.